The van der Waals surface area contributed by atoms with Crippen LogP contribution in [0.2, 0.25) is 0 Å². The van der Waals surface area contributed by atoms with Crippen molar-refractivity contribution in [1.82, 2.24) is 4.90 Å². The Labute approximate surface area is 120 Å². The Morgan fingerprint density at radius 1 is 1.20 bits per heavy atom. The maximum absolute atomic E-state index is 11.9. The van der Waals surface area contributed by atoms with Crippen LogP contribution in [0.1, 0.15) is 19.8 Å². The molecule has 0 saturated heterocycles. The van der Waals surface area contributed by atoms with Crippen LogP contribution < -0.4 is 9.47 Å². The van der Waals surface area contributed by atoms with E-state index in [0.717, 1.165) is 12.2 Å². The largest absolute Gasteiger partial charge is 0.497 e. The number of benzene rings is 1. The van der Waals surface area contributed by atoms with E-state index in [4.69, 9.17) is 14.6 Å². The van der Waals surface area contributed by atoms with E-state index >= 15 is 0 Å². The summed E-state index contributed by atoms with van der Waals surface area (Å²) in [4.78, 5) is 13.6. The number of carbonyl (C=O) groups is 1. The molecular weight excluding hydrogens is 258 g/mol. The van der Waals surface area contributed by atoms with Gasteiger partial charge in [-0.05, 0) is 30.7 Å². The fourth-order valence-corrected chi connectivity index (χ4v) is 1.84. The third-order valence-corrected chi connectivity index (χ3v) is 2.86. The monoisotopic (exact) mass is 281 g/mol. The molecule has 0 aromatic heterocycles. The predicted octanol–water partition coefficient (Wildman–Crippen LogP) is 1.70. The predicted molar refractivity (Wildman–Crippen MR) is 77.1 cm³/mol. The third kappa shape index (κ3) is 5.48. The molecule has 1 rings (SSSR count). The molecule has 0 spiro atoms. The average Bonchev–Trinajstić information content (AvgIpc) is 2.47. The van der Waals surface area contributed by atoms with Gasteiger partial charge in [-0.15, -0.1) is 0 Å². The quantitative estimate of drug-likeness (QED) is 0.748. The van der Waals surface area contributed by atoms with Crippen LogP contribution in [0.5, 0.6) is 11.5 Å². The van der Waals surface area contributed by atoms with Gasteiger partial charge in [-0.2, -0.15) is 0 Å². The molecule has 0 bridgehead atoms. The zero-order valence-corrected chi connectivity index (χ0v) is 12.2. The minimum absolute atomic E-state index is 0.00871. The van der Waals surface area contributed by atoms with E-state index in [0.29, 0.717) is 31.9 Å². The van der Waals surface area contributed by atoms with E-state index in [1.165, 1.54) is 0 Å². The van der Waals surface area contributed by atoms with Gasteiger partial charge >= 0.3 is 0 Å². The number of hydrogen-bond donors (Lipinski definition) is 1. The molecule has 0 aliphatic heterocycles. The number of ether oxygens (including phenoxy) is 2. The van der Waals surface area contributed by atoms with E-state index in [-0.39, 0.29) is 12.5 Å². The zero-order valence-electron chi connectivity index (χ0n) is 12.2. The van der Waals surface area contributed by atoms with E-state index in [1.807, 2.05) is 19.1 Å². The van der Waals surface area contributed by atoms with Crippen LogP contribution in [-0.2, 0) is 4.79 Å². The van der Waals surface area contributed by atoms with Gasteiger partial charge in [-0.3, -0.25) is 4.79 Å². The van der Waals surface area contributed by atoms with Gasteiger partial charge in [0.2, 0.25) is 5.91 Å². The smallest absolute Gasteiger partial charge is 0.226 e. The highest BCUT2D eigenvalue weighted by molar-refractivity contribution is 5.76. The first kappa shape index (κ1) is 16.3. The van der Waals surface area contributed by atoms with Crippen molar-refractivity contribution in [3.05, 3.63) is 24.3 Å². The van der Waals surface area contributed by atoms with Crippen molar-refractivity contribution in [2.75, 3.05) is 33.4 Å². The molecular formula is C15H23NO4. The molecule has 112 valence electrons. The molecule has 0 fully saturated rings. The summed E-state index contributed by atoms with van der Waals surface area (Å²) in [6.45, 7) is 3.38. The highest BCUT2D eigenvalue weighted by Gasteiger charge is 2.11. The summed E-state index contributed by atoms with van der Waals surface area (Å²) in [5.41, 5.74) is 0. The summed E-state index contributed by atoms with van der Waals surface area (Å²) >= 11 is 0. The van der Waals surface area contributed by atoms with Gasteiger partial charge in [-0.25, -0.2) is 0 Å². The Hall–Kier alpha value is -1.75. The van der Waals surface area contributed by atoms with Crippen LogP contribution in [0.3, 0.4) is 0 Å². The standard InChI is InChI=1S/C15H23NO4/c1-3-9-16(10-11-17)15(18)8-12-20-14-6-4-13(19-2)5-7-14/h4-7,17H,3,8-12H2,1-2H3. The van der Waals surface area contributed by atoms with Crippen molar-refractivity contribution in [1.29, 1.82) is 0 Å². The van der Waals surface area contributed by atoms with E-state index in [1.54, 1.807) is 24.1 Å². The van der Waals surface area contributed by atoms with Crippen molar-refractivity contribution in [2.24, 2.45) is 0 Å². The summed E-state index contributed by atoms with van der Waals surface area (Å²) in [6.07, 6.45) is 1.19. The van der Waals surface area contributed by atoms with Crippen molar-refractivity contribution >= 4 is 5.91 Å². The van der Waals surface area contributed by atoms with Crippen LogP contribution in [0.4, 0.5) is 0 Å². The molecule has 5 nitrogen and oxygen atoms in total. The molecule has 20 heavy (non-hydrogen) atoms. The molecule has 1 amide bonds. The summed E-state index contributed by atoms with van der Waals surface area (Å²) in [6, 6.07) is 7.24. The van der Waals surface area contributed by atoms with Gasteiger partial charge in [0.25, 0.3) is 0 Å². The van der Waals surface area contributed by atoms with Crippen LogP contribution in [0.25, 0.3) is 0 Å². The topological polar surface area (TPSA) is 59.0 Å². The lowest BCUT2D eigenvalue weighted by Crippen LogP contribution is -2.35. The number of aliphatic hydroxyl groups excluding tert-OH is 1. The van der Waals surface area contributed by atoms with Crippen LogP contribution in [0, 0.1) is 0 Å². The molecule has 0 aliphatic carbocycles. The minimum atomic E-state index is -0.00885. The Morgan fingerprint density at radius 2 is 1.85 bits per heavy atom. The summed E-state index contributed by atoms with van der Waals surface area (Å²) < 4.78 is 10.6. The summed E-state index contributed by atoms with van der Waals surface area (Å²) in [5, 5.41) is 8.93. The molecule has 0 aliphatic rings. The van der Waals surface area contributed by atoms with Gasteiger partial charge in [0.15, 0.2) is 0 Å². The van der Waals surface area contributed by atoms with Crippen molar-refractivity contribution in [3.63, 3.8) is 0 Å². The number of nitrogens with zero attached hydrogens (tertiary/aromatic N) is 1. The van der Waals surface area contributed by atoms with E-state index in [9.17, 15) is 4.79 Å². The lowest BCUT2D eigenvalue weighted by atomic mass is 10.3. The Bertz CT molecular complexity index is 385. The molecule has 0 unspecified atom stereocenters. The highest BCUT2D eigenvalue weighted by atomic mass is 16.5. The average molecular weight is 281 g/mol. The number of carbonyl (C=O) groups excluding carboxylic acids is 1. The lowest BCUT2D eigenvalue weighted by molar-refractivity contribution is -0.132. The first-order valence-electron chi connectivity index (χ1n) is 6.86. The normalized spacial score (nSPS) is 10.2. The Morgan fingerprint density at radius 3 is 2.40 bits per heavy atom. The minimum Gasteiger partial charge on any atom is -0.497 e. The number of aliphatic hydroxyl groups is 1. The number of rotatable bonds is 9. The van der Waals surface area contributed by atoms with Crippen LogP contribution in [-0.4, -0.2) is 49.3 Å². The number of hydrogen-bond acceptors (Lipinski definition) is 4. The van der Waals surface area contributed by atoms with Crippen molar-refractivity contribution in [3.8, 4) is 11.5 Å². The van der Waals surface area contributed by atoms with Gasteiger partial charge in [0.1, 0.15) is 11.5 Å². The van der Waals surface area contributed by atoms with Crippen LogP contribution in [0.15, 0.2) is 24.3 Å². The van der Waals surface area contributed by atoms with E-state index in [2.05, 4.69) is 0 Å². The SMILES string of the molecule is CCCN(CCO)C(=O)CCOc1ccc(OC)cc1. The van der Waals surface area contributed by atoms with Crippen molar-refractivity contribution < 1.29 is 19.4 Å². The molecule has 1 N–H and O–H groups in total. The molecule has 5 heteroatoms. The maximum atomic E-state index is 11.9. The number of methoxy groups -OCH3 is 1. The fourth-order valence-electron chi connectivity index (χ4n) is 1.84. The molecule has 0 atom stereocenters. The van der Waals surface area contributed by atoms with E-state index < -0.39 is 0 Å². The first-order valence-corrected chi connectivity index (χ1v) is 6.86. The fraction of sp³-hybridized carbons (Fsp3) is 0.533. The maximum Gasteiger partial charge on any atom is 0.226 e. The second kappa shape index (κ2) is 9.20. The van der Waals surface area contributed by atoms with Crippen molar-refractivity contribution in [2.45, 2.75) is 19.8 Å². The van der Waals surface area contributed by atoms with Gasteiger partial charge in [-0.1, -0.05) is 6.92 Å². The van der Waals surface area contributed by atoms with Gasteiger partial charge in [0.05, 0.1) is 26.7 Å². The third-order valence-electron chi connectivity index (χ3n) is 2.86. The second-order valence-corrected chi connectivity index (χ2v) is 4.38. The molecule has 1 aromatic rings. The lowest BCUT2D eigenvalue weighted by Gasteiger charge is -2.21. The molecule has 1 aromatic carbocycles. The van der Waals surface area contributed by atoms with Gasteiger partial charge in [0, 0.05) is 13.1 Å². The number of amides is 1. The zero-order chi connectivity index (χ0) is 14.8. The van der Waals surface area contributed by atoms with Gasteiger partial charge < -0.3 is 19.5 Å². The second-order valence-electron chi connectivity index (χ2n) is 4.38. The highest BCUT2D eigenvalue weighted by Crippen LogP contribution is 2.17. The summed E-state index contributed by atoms with van der Waals surface area (Å²) in [7, 11) is 1.61. The Kier molecular flexibility index (Phi) is 7.50. The molecule has 0 saturated carbocycles. The molecule has 0 heterocycles. The van der Waals surface area contributed by atoms with Crippen LogP contribution >= 0.6 is 0 Å². The molecule has 0 radical (unpaired) electrons. The first-order chi connectivity index (χ1) is 9.71. The Balaban J connectivity index is 2.35. The summed E-state index contributed by atoms with van der Waals surface area (Å²) in [5.74, 6) is 1.49.